The van der Waals surface area contributed by atoms with Crippen molar-refractivity contribution in [2.24, 2.45) is 0 Å². The van der Waals surface area contributed by atoms with Gasteiger partial charge in [-0.05, 0) is 42.2 Å². The van der Waals surface area contributed by atoms with Crippen LogP contribution in [0.25, 0.3) is 0 Å². The first-order chi connectivity index (χ1) is 10.7. The second-order valence-corrected chi connectivity index (χ2v) is 6.02. The Hall–Kier alpha value is -1.58. The van der Waals surface area contributed by atoms with Gasteiger partial charge in [0.25, 0.3) is 0 Å². The molecular formula is C19H22BrNO. The standard InChI is InChI=1S/C19H22BrNO/c1-3-4-9-19(17-7-5-6-8-18(17)20)21-14-15-10-12-16(22-2)13-11-15/h3,5-8,10-13,19,21H,1,4,9,14H2,2H3. The number of hydrogen-bond donors (Lipinski definition) is 1. The molecule has 2 rings (SSSR count). The third-order valence-electron chi connectivity index (χ3n) is 3.65. The maximum Gasteiger partial charge on any atom is 0.118 e. The predicted molar refractivity (Wildman–Crippen MR) is 96.1 cm³/mol. The lowest BCUT2D eigenvalue weighted by Gasteiger charge is -2.20. The molecule has 2 aromatic rings. The highest BCUT2D eigenvalue weighted by Crippen LogP contribution is 2.27. The van der Waals surface area contributed by atoms with Gasteiger partial charge in [-0.3, -0.25) is 0 Å². The average molecular weight is 360 g/mol. The Morgan fingerprint density at radius 3 is 2.55 bits per heavy atom. The van der Waals surface area contributed by atoms with Gasteiger partial charge >= 0.3 is 0 Å². The van der Waals surface area contributed by atoms with Gasteiger partial charge in [0, 0.05) is 17.1 Å². The third kappa shape index (κ3) is 4.72. The van der Waals surface area contributed by atoms with Crippen molar-refractivity contribution in [3.05, 3.63) is 76.8 Å². The topological polar surface area (TPSA) is 21.3 Å². The van der Waals surface area contributed by atoms with Crippen LogP contribution < -0.4 is 10.1 Å². The molecule has 2 aromatic carbocycles. The fourth-order valence-corrected chi connectivity index (χ4v) is 2.96. The van der Waals surface area contributed by atoms with Crippen molar-refractivity contribution in [1.82, 2.24) is 5.32 Å². The second-order valence-electron chi connectivity index (χ2n) is 5.17. The van der Waals surface area contributed by atoms with Crippen LogP contribution in [0.15, 0.2) is 65.7 Å². The summed E-state index contributed by atoms with van der Waals surface area (Å²) in [6, 6.07) is 16.9. The van der Waals surface area contributed by atoms with E-state index in [-0.39, 0.29) is 0 Å². The van der Waals surface area contributed by atoms with E-state index < -0.39 is 0 Å². The lowest BCUT2D eigenvalue weighted by atomic mass is 10.0. The highest BCUT2D eigenvalue weighted by atomic mass is 79.9. The zero-order chi connectivity index (χ0) is 15.8. The van der Waals surface area contributed by atoms with Gasteiger partial charge in [-0.2, -0.15) is 0 Å². The fraction of sp³-hybridized carbons (Fsp3) is 0.263. The van der Waals surface area contributed by atoms with E-state index in [9.17, 15) is 0 Å². The van der Waals surface area contributed by atoms with E-state index in [4.69, 9.17) is 4.74 Å². The van der Waals surface area contributed by atoms with E-state index >= 15 is 0 Å². The number of allylic oxidation sites excluding steroid dienone is 1. The minimum absolute atomic E-state index is 0.302. The number of nitrogens with one attached hydrogen (secondary N) is 1. The molecule has 1 N–H and O–H groups in total. The molecule has 0 bridgehead atoms. The van der Waals surface area contributed by atoms with Crippen LogP contribution in [0.2, 0.25) is 0 Å². The minimum atomic E-state index is 0.302. The van der Waals surface area contributed by atoms with Gasteiger partial charge in [-0.25, -0.2) is 0 Å². The Morgan fingerprint density at radius 1 is 1.18 bits per heavy atom. The first-order valence-corrected chi connectivity index (χ1v) is 8.25. The molecule has 0 heterocycles. The lowest BCUT2D eigenvalue weighted by molar-refractivity contribution is 0.414. The van der Waals surface area contributed by atoms with Crippen molar-refractivity contribution in [3.63, 3.8) is 0 Å². The summed E-state index contributed by atoms with van der Waals surface area (Å²) < 4.78 is 6.34. The summed E-state index contributed by atoms with van der Waals surface area (Å²) in [5.41, 5.74) is 2.54. The third-order valence-corrected chi connectivity index (χ3v) is 4.37. The predicted octanol–water partition coefficient (Wildman–Crippen LogP) is 5.25. The summed E-state index contributed by atoms with van der Waals surface area (Å²) in [6.45, 7) is 4.66. The number of halogens is 1. The van der Waals surface area contributed by atoms with Crippen LogP contribution in [0.1, 0.15) is 30.0 Å². The monoisotopic (exact) mass is 359 g/mol. The Kier molecular flexibility index (Phi) is 6.69. The van der Waals surface area contributed by atoms with E-state index in [1.807, 2.05) is 24.3 Å². The molecule has 2 nitrogen and oxygen atoms in total. The van der Waals surface area contributed by atoms with Gasteiger partial charge in [-0.1, -0.05) is 52.3 Å². The number of methoxy groups -OCH3 is 1. The highest BCUT2D eigenvalue weighted by molar-refractivity contribution is 9.10. The van der Waals surface area contributed by atoms with Crippen LogP contribution in [0, 0.1) is 0 Å². The van der Waals surface area contributed by atoms with Crippen molar-refractivity contribution in [2.75, 3.05) is 7.11 Å². The van der Waals surface area contributed by atoms with Gasteiger partial charge in [0.05, 0.1) is 7.11 Å². The summed E-state index contributed by atoms with van der Waals surface area (Å²) >= 11 is 3.65. The van der Waals surface area contributed by atoms with Crippen molar-refractivity contribution >= 4 is 15.9 Å². The first-order valence-electron chi connectivity index (χ1n) is 7.46. The molecule has 0 saturated heterocycles. The SMILES string of the molecule is C=CCCC(NCc1ccc(OC)cc1)c1ccccc1Br. The lowest BCUT2D eigenvalue weighted by Crippen LogP contribution is -2.21. The van der Waals surface area contributed by atoms with Crippen LogP contribution in [-0.2, 0) is 6.54 Å². The molecular weight excluding hydrogens is 338 g/mol. The van der Waals surface area contributed by atoms with Gasteiger partial charge in [-0.15, -0.1) is 6.58 Å². The summed E-state index contributed by atoms with van der Waals surface area (Å²) in [5, 5.41) is 3.65. The largest absolute Gasteiger partial charge is 0.497 e. The highest BCUT2D eigenvalue weighted by Gasteiger charge is 2.13. The Bertz CT molecular complexity index is 595. The quantitative estimate of drug-likeness (QED) is 0.649. The summed E-state index contributed by atoms with van der Waals surface area (Å²) in [4.78, 5) is 0. The van der Waals surface area contributed by atoms with E-state index in [1.165, 1.54) is 11.1 Å². The normalized spacial score (nSPS) is 11.9. The van der Waals surface area contributed by atoms with E-state index in [2.05, 4.69) is 58.2 Å². The molecule has 0 amide bonds. The molecule has 0 saturated carbocycles. The molecule has 0 aromatic heterocycles. The second kappa shape index (κ2) is 8.76. The maximum atomic E-state index is 5.20. The molecule has 0 aliphatic rings. The summed E-state index contributed by atoms with van der Waals surface area (Å²) in [7, 11) is 1.69. The molecule has 1 unspecified atom stereocenters. The molecule has 0 radical (unpaired) electrons. The number of rotatable bonds is 8. The van der Waals surface area contributed by atoms with Gasteiger partial charge in [0.15, 0.2) is 0 Å². The van der Waals surface area contributed by atoms with Gasteiger partial charge in [0.2, 0.25) is 0 Å². The summed E-state index contributed by atoms with van der Waals surface area (Å²) in [5.74, 6) is 0.887. The first kappa shape index (κ1) is 16.8. The average Bonchev–Trinajstić information content (AvgIpc) is 2.56. The van der Waals surface area contributed by atoms with Crippen LogP contribution in [0.3, 0.4) is 0 Å². The Balaban J connectivity index is 2.06. The number of benzene rings is 2. The van der Waals surface area contributed by atoms with Crippen LogP contribution in [0.5, 0.6) is 5.75 Å². The van der Waals surface area contributed by atoms with Gasteiger partial charge in [0.1, 0.15) is 5.75 Å². The van der Waals surface area contributed by atoms with Crippen LogP contribution in [0.4, 0.5) is 0 Å². The van der Waals surface area contributed by atoms with Gasteiger partial charge < -0.3 is 10.1 Å². The molecule has 22 heavy (non-hydrogen) atoms. The zero-order valence-corrected chi connectivity index (χ0v) is 14.5. The summed E-state index contributed by atoms with van der Waals surface area (Å²) in [6.07, 6.45) is 3.99. The molecule has 0 aliphatic carbocycles. The van der Waals surface area contributed by atoms with Crippen molar-refractivity contribution < 1.29 is 4.74 Å². The van der Waals surface area contributed by atoms with E-state index in [0.29, 0.717) is 6.04 Å². The number of ether oxygens (including phenoxy) is 1. The molecule has 0 spiro atoms. The Morgan fingerprint density at radius 2 is 1.91 bits per heavy atom. The molecule has 0 fully saturated rings. The van der Waals surface area contributed by atoms with Crippen molar-refractivity contribution in [3.8, 4) is 5.75 Å². The molecule has 1 atom stereocenters. The van der Waals surface area contributed by atoms with Crippen LogP contribution >= 0.6 is 15.9 Å². The fourth-order valence-electron chi connectivity index (χ4n) is 2.39. The molecule has 116 valence electrons. The maximum absolute atomic E-state index is 5.20. The number of hydrogen-bond acceptors (Lipinski definition) is 2. The molecule has 0 aliphatic heterocycles. The van der Waals surface area contributed by atoms with E-state index in [0.717, 1.165) is 29.6 Å². The van der Waals surface area contributed by atoms with Crippen LogP contribution in [-0.4, -0.2) is 7.11 Å². The Labute approximate surface area is 141 Å². The minimum Gasteiger partial charge on any atom is -0.497 e. The van der Waals surface area contributed by atoms with Crippen molar-refractivity contribution in [2.45, 2.75) is 25.4 Å². The van der Waals surface area contributed by atoms with Crippen molar-refractivity contribution in [1.29, 1.82) is 0 Å². The smallest absolute Gasteiger partial charge is 0.118 e. The van der Waals surface area contributed by atoms with E-state index in [1.54, 1.807) is 7.11 Å². The molecule has 3 heteroatoms. The zero-order valence-electron chi connectivity index (χ0n) is 12.9.